The number of methoxy groups -OCH3 is 1. The number of nitrogens with two attached hydrogens (primary N) is 1. The Morgan fingerprint density at radius 1 is 1.67 bits per heavy atom. The van der Waals surface area contributed by atoms with E-state index in [0.717, 1.165) is 5.56 Å². The molecular formula is C9H12N4O2. The van der Waals surface area contributed by atoms with Crippen LogP contribution in [0.15, 0.2) is 11.0 Å². The first-order valence-corrected chi connectivity index (χ1v) is 4.46. The quantitative estimate of drug-likeness (QED) is 0.726. The Hall–Kier alpha value is -1.82. The van der Waals surface area contributed by atoms with Crippen LogP contribution in [0.1, 0.15) is 5.56 Å². The van der Waals surface area contributed by atoms with Crippen molar-refractivity contribution in [1.82, 2.24) is 14.5 Å². The molecule has 0 radical (unpaired) electrons. The van der Waals surface area contributed by atoms with Crippen molar-refractivity contribution in [3.63, 3.8) is 0 Å². The summed E-state index contributed by atoms with van der Waals surface area (Å²) in [6.07, 6.45) is 1.82. The van der Waals surface area contributed by atoms with Crippen LogP contribution < -0.4 is 11.3 Å². The number of aromatic nitrogens is 3. The number of ether oxygens (including phenoxy) is 1. The van der Waals surface area contributed by atoms with Crippen molar-refractivity contribution >= 4 is 17.0 Å². The second-order valence-corrected chi connectivity index (χ2v) is 3.35. The Labute approximate surface area is 85.7 Å². The van der Waals surface area contributed by atoms with Crippen LogP contribution in [0.25, 0.3) is 11.0 Å². The molecule has 0 saturated carbocycles. The Balaban J connectivity index is 2.81. The lowest BCUT2D eigenvalue weighted by Gasteiger charge is -1.97. The number of hydrogen-bond donors (Lipinski definition) is 2. The number of hydrogen-bond acceptors (Lipinski definition) is 4. The molecule has 2 aromatic rings. The standard InChI is InChI=1S/C9H12N4O2/c1-13-3-5(4-15-2)6-7(13)11-9(10)12-8(6)14/h3H,4H2,1-2H3,(H3,10,11,12,14). The Kier molecular flexibility index (Phi) is 2.20. The van der Waals surface area contributed by atoms with Crippen molar-refractivity contribution in [2.24, 2.45) is 7.05 Å². The van der Waals surface area contributed by atoms with Crippen LogP contribution in [0.5, 0.6) is 0 Å². The van der Waals surface area contributed by atoms with E-state index in [1.165, 1.54) is 0 Å². The summed E-state index contributed by atoms with van der Waals surface area (Å²) in [6, 6.07) is 0. The second-order valence-electron chi connectivity index (χ2n) is 3.35. The summed E-state index contributed by atoms with van der Waals surface area (Å²) >= 11 is 0. The first-order chi connectivity index (χ1) is 7.13. The van der Waals surface area contributed by atoms with Crippen LogP contribution in [0.4, 0.5) is 5.95 Å². The number of fused-ring (bicyclic) bond motifs is 1. The molecule has 2 rings (SSSR count). The van der Waals surface area contributed by atoms with Crippen molar-refractivity contribution < 1.29 is 4.74 Å². The average molecular weight is 208 g/mol. The molecule has 0 spiro atoms. The molecule has 0 aromatic carbocycles. The zero-order valence-corrected chi connectivity index (χ0v) is 8.57. The molecule has 0 saturated heterocycles. The molecule has 0 unspecified atom stereocenters. The lowest BCUT2D eigenvalue weighted by molar-refractivity contribution is 0.186. The first kappa shape index (κ1) is 9.72. The molecule has 2 heterocycles. The van der Waals surface area contributed by atoms with E-state index in [9.17, 15) is 4.79 Å². The van der Waals surface area contributed by atoms with Gasteiger partial charge < -0.3 is 15.0 Å². The summed E-state index contributed by atoms with van der Waals surface area (Å²) in [6.45, 7) is 0.381. The maximum Gasteiger partial charge on any atom is 0.262 e. The summed E-state index contributed by atoms with van der Waals surface area (Å²) < 4.78 is 6.77. The zero-order valence-electron chi connectivity index (χ0n) is 8.57. The van der Waals surface area contributed by atoms with E-state index in [-0.39, 0.29) is 11.5 Å². The van der Waals surface area contributed by atoms with Gasteiger partial charge in [0.05, 0.1) is 12.0 Å². The number of aryl methyl sites for hydroxylation is 1. The highest BCUT2D eigenvalue weighted by Crippen LogP contribution is 2.15. The molecule has 0 atom stereocenters. The molecule has 0 aliphatic rings. The monoisotopic (exact) mass is 208 g/mol. The van der Waals surface area contributed by atoms with Gasteiger partial charge in [-0.3, -0.25) is 9.78 Å². The number of nitrogens with one attached hydrogen (secondary N) is 1. The minimum absolute atomic E-state index is 0.123. The summed E-state index contributed by atoms with van der Waals surface area (Å²) in [5.41, 5.74) is 6.62. The topological polar surface area (TPSA) is 85.9 Å². The van der Waals surface area contributed by atoms with Gasteiger partial charge in [-0.05, 0) is 0 Å². The minimum Gasteiger partial charge on any atom is -0.380 e. The third kappa shape index (κ3) is 1.48. The second kappa shape index (κ2) is 3.39. The van der Waals surface area contributed by atoms with E-state index < -0.39 is 0 Å². The molecule has 0 fully saturated rings. The van der Waals surface area contributed by atoms with Crippen LogP contribution >= 0.6 is 0 Å². The normalized spacial score (nSPS) is 11.1. The summed E-state index contributed by atoms with van der Waals surface area (Å²) in [4.78, 5) is 18.2. The van der Waals surface area contributed by atoms with Gasteiger partial charge in [0.2, 0.25) is 5.95 Å². The van der Waals surface area contributed by atoms with Gasteiger partial charge in [0, 0.05) is 25.9 Å². The van der Waals surface area contributed by atoms with Crippen molar-refractivity contribution in [2.45, 2.75) is 6.61 Å². The fourth-order valence-corrected chi connectivity index (χ4v) is 1.65. The largest absolute Gasteiger partial charge is 0.380 e. The predicted octanol–water partition coefficient (Wildman–Crippen LogP) is -0.00980. The highest BCUT2D eigenvalue weighted by molar-refractivity contribution is 5.80. The van der Waals surface area contributed by atoms with Gasteiger partial charge in [0.1, 0.15) is 5.65 Å². The van der Waals surface area contributed by atoms with Crippen LogP contribution in [0.2, 0.25) is 0 Å². The fourth-order valence-electron chi connectivity index (χ4n) is 1.65. The van der Waals surface area contributed by atoms with Crippen LogP contribution in [-0.4, -0.2) is 21.6 Å². The Bertz CT molecular complexity index is 555. The van der Waals surface area contributed by atoms with E-state index in [2.05, 4.69) is 9.97 Å². The first-order valence-electron chi connectivity index (χ1n) is 4.46. The van der Waals surface area contributed by atoms with E-state index in [1.807, 2.05) is 13.2 Å². The van der Waals surface area contributed by atoms with Crippen molar-refractivity contribution in [1.29, 1.82) is 0 Å². The van der Waals surface area contributed by atoms with Crippen molar-refractivity contribution in [2.75, 3.05) is 12.8 Å². The van der Waals surface area contributed by atoms with Gasteiger partial charge >= 0.3 is 0 Å². The summed E-state index contributed by atoms with van der Waals surface area (Å²) in [5.74, 6) is 0.123. The number of nitrogens with zero attached hydrogens (tertiary/aromatic N) is 2. The molecule has 3 N–H and O–H groups in total. The molecule has 6 nitrogen and oxygen atoms in total. The Morgan fingerprint density at radius 2 is 2.40 bits per heavy atom. The zero-order chi connectivity index (χ0) is 11.0. The van der Waals surface area contributed by atoms with E-state index in [1.54, 1.807) is 11.7 Å². The third-order valence-electron chi connectivity index (χ3n) is 2.22. The van der Waals surface area contributed by atoms with E-state index in [0.29, 0.717) is 17.6 Å². The number of H-pyrrole nitrogens is 1. The van der Waals surface area contributed by atoms with Gasteiger partial charge in [-0.15, -0.1) is 0 Å². The van der Waals surface area contributed by atoms with Crippen molar-refractivity contribution in [3.8, 4) is 0 Å². The molecular weight excluding hydrogens is 196 g/mol. The molecule has 0 aliphatic heterocycles. The maximum atomic E-state index is 11.7. The van der Waals surface area contributed by atoms with Gasteiger partial charge in [0.25, 0.3) is 5.56 Å². The predicted molar refractivity (Wildman–Crippen MR) is 56.5 cm³/mol. The fraction of sp³-hybridized carbons (Fsp3) is 0.333. The smallest absolute Gasteiger partial charge is 0.262 e. The molecule has 0 bridgehead atoms. The molecule has 6 heteroatoms. The lowest BCUT2D eigenvalue weighted by Crippen LogP contribution is -2.12. The minimum atomic E-state index is -0.231. The summed E-state index contributed by atoms with van der Waals surface area (Å²) in [7, 11) is 3.39. The number of anilines is 1. The maximum absolute atomic E-state index is 11.7. The average Bonchev–Trinajstić information content (AvgIpc) is 2.44. The highest BCUT2D eigenvalue weighted by atomic mass is 16.5. The molecule has 2 aromatic heterocycles. The van der Waals surface area contributed by atoms with Crippen LogP contribution in [0.3, 0.4) is 0 Å². The van der Waals surface area contributed by atoms with Gasteiger partial charge in [-0.1, -0.05) is 0 Å². The van der Waals surface area contributed by atoms with Crippen molar-refractivity contribution in [3.05, 3.63) is 22.1 Å². The SMILES string of the molecule is COCc1cn(C)c2nc(N)[nH]c(=O)c12. The van der Waals surface area contributed by atoms with Gasteiger partial charge in [-0.25, -0.2) is 0 Å². The van der Waals surface area contributed by atoms with Crippen LogP contribution in [0, 0.1) is 0 Å². The number of aromatic amines is 1. The summed E-state index contributed by atoms with van der Waals surface area (Å²) in [5, 5.41) is 0.536. The molecule has 0 aliphatic carbocycles. The van der Waals surface area contributed by atoms with E-state index >= 15 is 0 Å². The van der Waals surface area contributed by atoms with Gasteiger partial charge in [-0.2, -0.15) is 4.98 Å². The molecule has 0 amide bonds. The highest BCUT2D eigenvalue weighted by Gasteiger charge is 2.11. The number of rotatable bonds is 2. The molecule has 15 heavy (non-hydrogen) atoms. The third-order valence-corrected chi connectivity index (χ3v) is 2.22. The lowest BCUT2D eigenvalue weighted by atomic mass is 10.2. The number of nitrogen functional groups attached to an aromatic ring is 1. The van der Waals surface area contributed by atoms with E-state index in [4.69, 9.17) is 10.5 Å². The van der Waals surface area contributed by atoms with Crippen LogP contribution in [-0.2, 0) is 18.4 Å². The molecule has 80 valence electrons. The Morgan fingerprint density at radius 3 is 3.07 bits per heavy atom. The van der Waals surface area contributed by atoms with Gasteiger partial charge in [0.15, 0.2) is 0 Å².